The average Bonchev–Trinajstić information content (AvgIpc) is 2.38. The van der Waals surface area contributed by atoms with Crippen molar-refractivity contribution in [2.75, 3.05) is 34.9 Å². The van der Waals surface area contributed by atoms with Crippen LogP contribution in [0.2, 0.25) is 0 Å². The number of hydrogen-bond acceptors (Lipinski definition) is 1. The fraction of sp³-hybridized carbons (Fsp3) is 0.467. The van der Waals surface area contributed by atoms with Gasteiger partial charge in [0.2, 0.25) is 0 Å². The maximum absolute atomic E-state index is 4.82. The van der Waals surface area contributed by atoms with E-state index in [1.54, 1.807) is 0 Å². The number of hydrogen-bond donors (Lipinski definition) is 0. The van der Waals surface area contributed by atoms with Gasteiger partial charge in [-0.25, -0.2) is 14.3 Å². The highest BCUT2D eigenvalue weighted by Gasteiger charge is 2.13. The van der Waals surface area contributed by atoms with Crippen LogP contribution in [0.3, 0.4) is 0 Å². The normalized spacial score (nSPS) is 15.4. The van der Waals surface area contributed by atoms with E-state index in [1.807, 2.05) is 88.8 Å². The van der Waals surface area contributed by atoms with E-state index in [1.165, 1.54) is 0 Å². The van der Waals surface area contributed by atoms with E-state index in [0.29, 0.717) is 0 Å². The lowest BCUT2D eigenvalue weighted by Crippen LogP contribution is -2.19. The maximum Gasteiger partial charge on any atom is 0.187 e. The molecule has 5 nitrogen and oxygen atoms in total. The van der Waals surface area contributed by atoms with Gasteiger partial charge in [-0.1, -0.05) is 18.2 Å². The second-order valence-corrected chi connectivity index (χ2v) is 7.72. The lowest BCUT2D eigenvalue weighted by molar-refractivity contribution is 0.618. The number of amidine groups is 2. The summed E-state index contributed by atoms with van der Waals surface area (Å²) < 4.78 is 14.4. The van der Waals surface area contributed by atoms with Crippen LogP contribution >= 0.6 is 7.36 Å². The van der Waals surface area contributed by atoms with Crippen molar-refractivity contribution in [1.82, 2.24) is 9.80 Å². The molecule has 0 fully saturated rings. The quantitative estimate of drug-likeness (QED) is 0.482. The molecule has 1 rings (SSSR count). The topological polar surface area (TPSA) is 43.6 Å². The molecule has 0 unspecified atom stereocenters. The molecule has 0 atom stereocenters. The Morgan fingerprint density at radius 1 is 0.857 bits per heavy atom. The summed E-state index contributed by atoms with van der Waals surface area (Å²) in [5.41, 5.74) is 0.916. The van der Waals surface area contributed by atoms with Gasteiger partial charge in [-0.3, -0.25) is 0 Å². The van der Waals surface area contributed by atoms with Crippen molar-refractivity contribution in [2.24, 2.45) is 14.3 Å². The van der Waals surface area contributed by atoms with Crippen LogP contribution < -0.4 is 0 Å². The molecule has 6 heteroatoms. The largest absolute Gasteiger partial charge is 0.366 e. The molecule has 1 aromatic rings. The van der Waals surface area contributed by atoms with Crippen molar-refractivity contribution in [2.45, 2.75) is 13.8 Å². The van der Waals surface area contributed by atoms with E-state index in [-0.39, 0.29) is 0 Å². The van der Waals surface area contributed by atoms with Gasteiger partial charge in [0, 0.05) is 34.9 Å². The van der Waals surface area contributed by atoms with E-state index in [0.717, 1.165) is 17.4 Å². The van der Waals surface area contributed by atoms with Gasteiger partial charge >= 0.3 is 0 Å². The zero-order valence-corrected chi connectivity index (χ0v) is 15.0. The third-order valence-corrected chi connectivity index (χ3v) is 4.97. The molecule has 0 saturated carbocycles. The van der Waals surface area contributed by atoms with E-state index >= 15 is 0 Å². The van der Waals surface area contributed by atoms with E-state index in [2.05, 4.69) is 0 Å². The molecule has 0 aromatic heterocycles. The molecule has 0 saturated heterocycles. The molecular formula is C15H26N5P. The molecule has 116 valence electrons. The standard InChI is InChI=1S/C15H26N5P/c1-13(19(3)4)16-21(7,17-14(2)20(5)6)18-15-11-9-8-10-12-15/h8-12H,1-7H3. The predicted octanol–water partition coefficient (Wildman–Crippen LogP) is 3.94. The second-order valence-electron chi connectivity index (χ2n) is 5.39. The summed E-state index contributed by atoms with van der Waals surface area (Å²) in [6.45, 7) is 6.00. The van der Waals surface area contributed by atoms with Crippen LogP contribution in [0.5, 0.6) is 0 Å². The van der Waals surface area contributed by atoms with Crippen LogP contribution in [-0.4, -0.2) is 56.3 Å². The molecule has 0 N–H and O–H groups in total. The predicted molar refractivity (Wildman–Crippen MR) is 95.0 cm³/mol. The Kier molecular flexibility index (Phi) is 6.16. The smallest absolute Gasteiger partial charge is 0.187 e. The summed E-state index contributed by atoms with van der Waals surface area (Å²) in [5.74, 6) is 1.86. The van der Waals surface area contributed by atoms with Crippen molar-refractivity contribution in [3.05, 3.63) is 30.3 Å². The van der Waals surface area contributed by atoms with Gasteiger partial charge in [-0.05, 0) is 26.0 Å². The van der Waals surface area contributed by atoms with E-state index < -0.39 is 7.36 Å². The van der Waals surface area contributed by atoms with E-state index in [4.69, 9.17) is 14.3 Å². The number of nitrogens with zero attached hydrogens (tertiary/aromatic N) is 5. The van der Waals surface area contributed by atoms with Gasteiger partial charge in [0.1, 0.15) is 11.7 Å². The van der Waals surface area contributed by atoms with Crippen LogP contribution in [0.1, 0.15) is 13.8 Å². The number of rotatable bonds is 3. The Morgan fingerprint density at radius 3 is 1.67 bits per heavy atom. The van der Waals surface area contributed by atoms with Crippen LogP contribution in [0.4, 0.5) is 5.69 Å². The minimum Gasteiger partial charge on any atom is -0.366 e. The molecule has 0 aliphatic carbocycles. The molecule has 0 radical (unpaired) electrons. The third kappa shape index (κ3) is 5.72. The Balaban J connectivity index is 3.40. The van der Waals surface area contributed by atoms with Gasteiger partial charge in [-0.2, -0.15) is 0 Å². The summed E-state index contributed by atoms with van der Waals surface area (Å²) >= 11 is 0. The van der Waals surface area contributed by atoms with Crippen LogP contribution in [0, 0.1) is 0 Å². The molecular weight excluding hydrogens is 281 g/mol. The monoisotopic (exact) mass is 307 g/mol. The van der Waals surface area contributed by atoms with Crippen molar-refractivity contribution in [1.29, 1.82) is 0 Å². The molecule has 0 bridgehead atoms. The van der Waals surface area contributed by atoms with Gasteiger partial charge in [-0.15, -0.1) is 0 Å². The Morgan fingerprint density at radius 2 is 1.29 bits per heavy atom. The summed E-state index contributed by atoms with van der Waals surface area (Å²) in [5, 5.41) is 0. The zero-order valence-electron chi connectivity index (χ0n) is 14.1. The van der Waals surface area contributed by atoms with E-state index in [9.17, 15) is 0 Å². The maximum atomic E-state index is 4.82. The first-order valence-corrected chi connectivity index (χ1v) is 8.96. The highest BCUT2D eigenvalue weighted by molar-refractivity contribution is 7.63. The minimum atomic E-state index is -2.19. The molecule has 0 spiro atoms. The summed E-state index contributed by atoms with van der Waals surface area (Å²) in [6.07, 6.45) is 0. The van der Waals surface area contributed by atoms with Crippen molar-refractivity contribution in [3.8, 4) is 0 Å². The first-order chi connectivity index (χ1) is 9.73. The molecule has 0 aliphatic heterocycles. The van der Waals surface area contributed by atoms with Crippen LogP contribution in [-0.2, 0) is 0 Å². The number of benzene rings is 1. The highest BCUT2D eigenvalue weighted by Crippen LogP contribution is 2.52. The summed E-state index contributed by atoms with van der Waals surface area (Å²) in [7, 11) is 5.73. The first-order valence-electron chi connectivity index (χ1n) is 6.86. The molecule has 21 heavy (non-hydrogen) atoms. The Hall–Kier alpha value is -1.61. The molecule has 0 amide bonds. The van der Waals surface area contributed by atoms with Gasteiger partial charge in [0.25, 0.3) is 0 Å². The van der Waals surface area contributed by atoms with Crippen molar-refractivity contribution in [3.63, 3.8) is 0 Å². The van der Waals surface area contributed by atoms with Gasteiger partial charge < -0.3 is 9.80 Å². The Labute approximate surface area is 128 Å². The summed E-state index contributed by atoms with van der Waals surface area (Å²) in [6, 6.07) is 9.92. The fourth-order valence-electron chi connectivity index (χ4n) is 1.51. The lowest BCUT2D eigenvalue weighted by Gasteiger charge is -2.19. The van der Waals surface area contributed by atoms with Crippen LogP contribution in [0.25, 0.3) is 0 Å². The Bertz CT molecular complexity index is 545. The van der Waals surface area contributed by atoms with Gasteiger partial charge in [0.15, 0.2) is 7.36 Å². The average molecular weight is 307 g/mol. The lowest BCUT2D eigenvalue weighted by atomic mass is 10.3. The minimum absolute atomic E-state index is 0.916. The zero-order chi connectivity index (χ0) is 16.0. The molecule has 1 aromatic carbocycles. The van der Waals surface area contributed by atoms with Gasteiger partial charge in [0.05, 0.1) is 5.69 Å². The van der Waals surface area contributed by atoms with Crippen molar-refractivity contribution >= 4 is 24.7 Å². The summed E-state index contributed by atoms with van der Waals surface area (Å²) in [4.78, 5) is 3.97. The fourth-order valence-corrected chi connectivity index (χ4v) is 3.67. The first kappa shape index (κ1) is 17.4. The third-order valence-electron chi connectivity index (χ3n) is 3.02. The second kappa shape index (κ2) is 7.41. The highest BCUT2D eigenvalue weighted by atomic mass is 31.2. The molecule has 0 heterocycles. The van der Waals surface area contributed by atoms with Crippen LogP contribution in [0.15, 0.2) is 44.6 Å². The SMILES string of the molecule is CC(=NP(C)(N=C(C)N(C)C)=Nc1ccccc1)N(C)C. The molecule has 0 aliphatic rings. The van der Waals surface area contributed by atoms with Crippen molar-refractivity contribution < 1.29 is 0 Å².